The molecule has 1 aromatic carbocycles. The molecule has 26 heavy (non-hydrogen) atoms. The van der Waals surface area contributed by atoms with E-state index in [0.717, 1.165) is 38.5 Å². The van der Waals surface area contributed by atoms with Crippen LogP contribution < -0.4 is 4.72 Å². The molecular formula is C19H26ClNO4S. The molecule has 1 aliphatic rings. The largest absolute Gasteiger partial charge is 0.481 e. The Kier molecular flexibility index (Phi) is 7.68. The van der Waals surface area contributed by atoms with Gasteiger partial charge in [-0.05, 0) is 61.8 Å². The third-order valence-electron chi connectivity index (χ3n) is 4.90. The van der Waals surface area contributed by atoms with Crippen molar-refractivity contribution in [1.82, 2.24) is 4.72 Å². The highest BCUT2D eigenvalue weighted by Crippen LogP contribution is 2.41. The SMILES string of the molecule is O=C(O)CCCC=CCC1(CNS(=O)(=O)c2ccc(Cl)cc2)CCCC1. The van der Waals surface area contributed by atoms with Gasteiger partial charge in [0.05, 0.1) is 4.90 Å². The topological polar surface area (TPSA) is 83.5 Å². The molecule has 0 heterocycles. The predicted molar refractivity (Wildman–Crippen MR) is 103 cm³/mol. The number of halogens is 1. The lowest BCUT2D eigenvalue weighted by Crippen LogP contribution is -2.35. The Labute approximate surface area is 160 Å². The van der Waals surface area contributed by atoms with E-state index in [4.69, 9.17) is 16.7 Å². The lowest BCUT2D eigenvalue weighted by atomic mass is 9.83. The van der Waals surface area contributed by atoms with E-state index >= 15 is 0 Å². The Bertz CT molecular complexity index is 722. The van der Waals surface area contributed by atoms with Crippen LogP contribution in [-0.4, -0.2) is 26.0 Å². The molecule has 1 aliphatic carbocycles. The Morgan fingerprint density at radius 2 is 1.85 bits per heavy atom. The number of aliphatic carboxylic acids is 1. The molecule has 5 nitrogen and oxygen atoms in total. The summed E-state index contributed by atoms with van der Waals surface area (Å²) < 4.78 is 27.7. The Hall–Kier alpha value is -1.37. The molecule has 0 radical (unpaired) electrons. The van der Waals surface area contributed by atoms with Crippen LogP contribution in [0.2, 0.25) is 5.02 Å². The summed E-state index contributed by atoms with van der Waals surface area (Å²) in [7, 11) is -3.55. The zero-order valence-electron chi connectivity index (χ0n) is 14.8. The van der Waals surface area contributed by atoms with Gasteiger partial charge in [-0.2, -0.15) is 0 Å². The summed E-state index contributed by atoms with van der Waals surface area (Å²) in [5, 5.41) is 9.15. The molecule has 0 aromatic heterocycles. The van der Waals surface area contributed by atoms with Crippen LogP contribution in [0.5, 0.6) is 0 Å². The maximum atomic E-state index is 12.5. The highest BCUT2D eigenvalue weighted by Gasteiger charge is 2.34. The normalized spacial score (nSPS) is 17.0. The molecule has 0 atom stereocenters. The third-order valence-corrected chi connectivity index (χ3v) is 6.57. The van der Waals surface area contributed by atoms with Gasteiger partial charge in [-0.15, -0.1) is 0 Å². The molecule has 7 heteroatoms. The quantitative estimate of drug-likeness (QED) is 0.451. The Morgan fingerprint density at radius 3 is 2.46 bits per heavy atom. The maximum Gasteiger partial charge on any atom is 0.303 e. The van der Waals surface area contributed by atoms with Crippen molar-refractivity contribution in [3.8, 4) is 0 Å². The molecular weight excluding hydrogens is 374 g/mol. The summed E-state index contributed by atoms with van der Waals surface area (Å²) in [4.78, 5) is 10.7. The van der Waals surface area contributed by atoms with Crippen LogP contribution in [0, 0.1) is 5.41 Å². The number of rotatable bonds is 10. The number of hydrogen-bond donors (Lipinski definition) is 2. The van der Waals surface area contributed by atoms with Gasteiger partial charge in [-0.25, -0.2) is 13.1 Å². The van der Waals surface area contributed by atoms with Crippen molar-refractivity contribution in [1.29, 1.82) is 0 Å². The van der Waals surface area contributed by atoms with Crippen LogP contribution in [0.15, 0.2) is 41.3 Å². The minimum absolute atomic E-state index is 0.0528. The van der Waals surface area contributed by atoms with Crippen LogP contribution in [-0.2, 0) is 14.8 Å². The number of carbonyl (C=O) groups is 1. The van der Waals surface area contributed by atoms with Crippen molar-refractivity contribution in [2.24, 2.45) is 5.41 Å². The summed E-state index contributed by atoms with van der Waals surface area (Å²) in [5.41, 5.74) is -0.0528. The van der Waals surface area contributed by atoms with E-state index in [0.29, 0.717) is 18.0 Å². The van der Waals surface area contributed by atoms with Gasteiger partial charge in [0.2, 0.25) is 10.0 Å². The first kappa shape index (κ1) is 20.9. The third kappa shape index (κ3) is 6.41. The van der Waals surface area contributed by atoms with Gasteiger partial charge in [0, 0.05) is 18.0 Å². The van der Waals surface area contributed by atoms with Crippen LogP contribution in [0.1, 0.15) is 51.4 Å². The standard InChI is InChI=1S/C19H26ClNO4S/c20-16-8-10-17(11-9-16)26(24,25)21-15-19(13-5-6-14-19)12-4-2-1-3-7-18(22)23/h2,4,8-11,21H,1,3,5-7,12-15H2,(H,22,23). The first-order valence-electron chi connectivity index (χ1n) is 8.95. The highest BCUT2D eigenvalue weighted by atomic mass is 35.5. The molecule has 0 bridgehead atoms. The second-order valence-corrected chi connectivity index (χ2v) is 9.15. The van der Waals surface area contributed by atoms with E-state index in [9.17, 15) is 13.2 Å². The molecule has 2 N–H and O–H groups in total. The minimum Gasteiger partial charge on any atom is -0.481 e. The van der Waals surface area contributed by atoms with Crippen molar-refractivity contribution in [2.45, 2.75) is 56.3 Å². The first-order chi connectivity index (χ1) is 12.3. The summed E-state index contributed by atoms with van der Waals surface area (Å²) in [6.45, 7) is 0.414. The fourth-order valence-electron chi connectivity index (χ4n) is 3.35. The molecule has 0 spiro atoms. The van der Waals surface area contributed by atoms with Crippen LogP contribution in [0.4, 0.5) is 0 Å². The fraction of sp³-hybridized carbons (Fsp3) is 0.526. The Morgan fingerprint density at radius 1 is 1.19 bits per heavy atom. The van der Waals surface area contributed by atoms with Gasteiger partial charge in [0.15, 0.2) is 0 Å². The average Bonchev–Trinajstić information content (AvgIpc) is 3.06. The van der Waals surface area contributed by atoms with Crippen molar-refractivity contribution < 1.29 is 18.3 Å². The van der Waals surface area contributed by atoms with Gasteiger partial charge >= 0.3 is 5.97 Å². The van der Waals surface area contributed by atoms with E-state index in [-0.39, 0.29) is 16.7 Å². The zero-order valence-corrected chi connectivity index (χ0v) is 16.4. The molecule has 1 fully saturated rings. The lowest BCUT2D eigenvalue weighted by molar-refractivity contribution is -0.137. The fourth-order valence-corrected chi connectivity index (χ4v) is 4.63. The number of allylic oxidation sites excluding steroid dienone is 2. The monoisotopic (exact) mass is 399 g/mol. The molecule has 0 aliphatic heterocycles. The van der Waals surface area contributed by atoms with E-state index in [1.165, 1.54) is 12.1 Å². The van der Waals surface area contributed by atoms with Crippen LogP contribution >= 0.6 is 11.6 Å². The van der Waals surface area contributed by atoms with Gasteiger partial charge < -0.3 is 5.11 Å². The number of unbranched alkanes of at least 4 members (excludes halogenated alkanes) is 1. The molecule has 1 aromatic rings. The van der Waals surface area contributed by atoms with Crippen molar-refractivity contribution >= 4 is 27.6 Å². The summed E-state index contributed by atoms with van der Waals surface area (Å²) >= 11 is 5.82. The highest BCUT2D eigenvalue weighted by molar-refractivity contribution is 7.89. The molecule has 0 saturated heterocycles. The number of carboxylic acid groups (broad SMARTS) is 1. The second kappa shape index (κ2) is 9.53. The van der Waals surface area contributed by atoms with Crippen LogP contribution in [0.25, 0.3) is 0 Å². The maximum absolute atomic E-state index is 12.5. The number of sulfonamides is 1. The number of carboxylic acids is 1. The number of hydrogen-bond acceptors (Lipinski definition) is 3. The van der Waals surface area contributed by atoms with Crippen molar-refractivity contribution in [3.63, 3.8) is 0 Å². The molecule has 144 valence electrons. The molecule has 0 amide bonds. The summed E-state index contributed by atoms with van der Waals surface area (Å²) in [5.74, 6) is -0.776. The Balaban J connectivity index is 1.91. The number of nitrogens with one attached hydrogen (secondary N) is 1. The van der Waals surface area contributed by atoms with Crippen molar-refractivity contribution in [3.05, 3.63) is 41.4 Å². The second-order valence-electron chi connectivity index (χ2n) is 6.95. The number of benzene rings is 1. The smallest absolute Gasteiger partial charge is 0.303 e. The minimum atomic E-state index is -3.55. The predicted octanol–water partition coefficient (Wildman–Crippen LogP) is 4.38. The average molecular weight is 400 g/mol. The summed E-state index contributed by atoms with van der Waals surface area (Å²) in [6.07, 6.45) is 10.6. The summed E-state index contributed by atoms with van der Waals surface area (Å²) in [6, 6.07) is 6.16. The van der Waals surface area contributed by atoms with E-state index in [2.05, 4.69) is 10.8 Å². The van der Waals surface area contributed by atoms with E-state index < -0.39 is 16.0 Å². The molecule has 1 saturated carbocycles. The van der Waals surface area contributed by atoms with Gasteiger partial charge in [0.25, 0.3) is 0 Å². The van der Waals surface area contributed by atoms with E-state index in [1.54, 1.807) is 12.1 Å². The lowest BCUT2D eigenvalue weighted by Gasteiger charge is -2.28. The van der Waals surface area contributed by atoms with Gasteiger partial charge in [0.1, 0.15) is 0 Å². The molecule has 0 unspecified atom stereocenters. The first-order valence-corrected chi connectivity index (χ1v) is 10.8. The van der Waals surface area contributed by atoms with Crippen LogP contribution in [0.3, 0.4) is 0 Å². The van der Waals surface area contributed by atoms with Crippen molar-refractivity contribution in [2.75, 3.05) is 6.54 Å². The van der Waals surface area contributed by atoms with Gasteiger partial charge in [-0.1, -0.05) is 36.6 Å². The zero-order chi connectivity index (χ0) is 19.0. The van der Waals surface area contributed by atoms with E-state index in [1.807, 2.05) is 6.08 Å². The van der Waals surface area contributed by atoms with Gasteiger partial charge in [-0.3, -0.25) is 4.79 Å². The molecule has 2 rings (SSSR count).